The molecule has 0 unspecified atom stereocenters. The molecule has 2 aromatic carbocycles. The fraction of sp³-hybridized carbons (Fsp3) is 0.174. The molecule has 3 aromatic rings. The summed E-state index contributed by atoms with van der Waals surface area (Å²) < 4.78 is 6.55. The third-order valence-electron chi connectivity index (χ3n) is 4.71. The molecule has 1 aliphatic heterocycles. The monoisotopic (exact) mass is 447 g/mol. The first-order valence-corrected chi connectivity index (χ1v) is 11.0. The number of rotatable bonds is 6. The van der Waals surface area contributed by atoms with E-state index in [1.807, 2.05) is 68.4 Å². The molecule has 9 heteroatoms. The highest BCUT2D eigenvalue weighted by atomic mass is 32.2. The Morgan fingerprint density at radius 3 is 2.69 bits per heavy atom. The fourth-order valence-electron chi connectivity index (χ4n) is 3.04. The predicted molar refractivity (Wildman–Crippen MR) is 122 cm³/mol. The van der Waals surface area contributed by atoms with Gasteiger partial charge in [0.15, 0.2) is 11.7 Å². The van der Waals surface area contributed by atoms with Crippen molar-refractivity contribution in [2.75, 3.05) is 10.7 Å². The predicted octanol–water partition coefficient (Wildman–Crippen LogP) is 2.86. The molecule has 0 spiro atoms. The lowest BCUT2D eigenvalue weighted by Crippen LogP contribution is -2.32. The van der Waals surface area contributed by atoms with Gasteiger partial charge >= 0.3 is 5.88 Å². The summed E-state index contributed by atoms with van der Waals surface area (Å²) >= 11 is 1.15. The van der Waals surface area contributed by atoms with Crippen molar-refractivity contribution in [1.29, 1.82) is 0 Å². The second kappa shape index (κ2) is 9.61. The lowest BCUT2D eigenvalue weighted by molar-refractivity contribution is -0.759. The van der Waals surface area contributed by atoms with Gasteiger partial charge in [-0.05, 0) is 49.1 Å². The molecular weight excluding hydrogens is 426 g/mol. The van der Waals surface area contributed by atoms with Gasteiger partial charge in [0.2, 0.25) is 5.27 Å². The summed E-state index contributed by atoms with van der Waals surface area (Å²) in [6.45, 7) is 4.49. The Morgan fingerprint density at radius 2 is 1.97 bits per heavy atom. The molecule has 8 nitrogen and oxygen atoms in total. The minimum Gasteiger partial charge on any atom is -0.861 e. The first-order valence-electron chi connectivity index (χ1n) is 10.0. The number of thioether (sulfide) groups is 1. The number of aryl methyl sites for hydroxylation is 2. The van der Waals surface area contributed by atoms with Crippen LogP contribution in [-0.2, 0) is 11.3 Å². The normalized spacial score (nSPS) is 15.5. The van der Waals surface area contributed by atoms with Gasteiger partial charge in [-0.2, -0.15) is 0 Å². The summed E-state index contributed by atoms with van der Waals surface area (Å²) in [7, 11) is 0. The highest BCUT2D eigenvalue weighted by Gasteiger charge is 2.31. The van der Waals surface area contributed by atoms with Crippen LogP contribution in [0.1, 0.15) is 18.1 Å². The number of aliphatic imine (C=N–C) groups is 2. The Labute approximate surface area is 189 Å². The molecule has 2 heterocycles. The molecule has 162 valence electrons. The van der Waals surface area contributed by atoms with E-state index in [4.69, 9.17) is 4.52 Å². The van der Waals surface area contributed by atoms with E-state index in [1.54, 1.807) is 17.0 Å². The maximum absolute atomic E-state index is 13.2. The molecule has 0 atom stereocenters. The molecular formula is C23H21N5O3S. The molecule has 0 saturated carbocycles. The Kier molecular flexibility index (Phi) is 6.46. The van der Waals surface area contributed by atoms with Gasteiger partial charge in [-0.25, -0.2) is 9.98 Å². The van der Waals surface area contributed by atoms with Crippen LogP contribution >= 0.6 is 11.8 Å². The summed E-state index contributed by atoms with van der Waals surface area (Å²) in [6.07, 6.45) is 3.32. The lowest BCUT2D eigenvalue weighted by atomic mass is 10.1. The Bertz CT molecular complexity index is 1220. The number of amides is 1. The van der Waals surface area contributed by atoms with Gasteiger partial charge in [-0.15, -0.1) is 0 Å². The van der Waals surface area contributed by atoms with Crippen molar-refractivity contribution in [1.82, 2.24) is 5.27 Å². The number of para-hydroxylation sites is 1. The highest BCUT2D eigenvalue weighted by Crippen LogP contribution is 2.29. The maximum atomic E-state index is 13.2. The zero-order chi connectivity index (χ0) is 22.5. The van der Waals surface area contributed by atoms with Crippen molar-refractivity contribution in [2.24, 2.45) is 9.98 Å². The minimum atomic E-state index is -0.408. The van der Waals surface area contributed by atoms with E-state index in [2.05, 4.69) is 15.3 Å². The molecule has 0 radical (unpaired) electrons. The topological polar surface area (TPSA) is 98.0 Å². The van der Waals surface area contributed by atoms with Crippen LogP contribution in [-0.4, -0.2) is 28.0 Å². The first-order chi connectivity index (χ1) is 15.5. The largest absolute Gasteiger partial charge is 0.861 e. The van der Waals surface area contributed by atoms with Gasteiger partial charge in [-0.1, -0.05) is 58.9 Å². The molecule has 1 aliphatic rings. The zero-order valence-electron chi connectivity index (χ0n) is 17.6. The number of benzene rings is 2. The van der Waals surface area contributed by atoms with Crippen LogP contribution in [0.25, 0.3) is 6.08 Å². The zero-order valence-corrected chi connectivity index (χ0v) is 18.5. The third kappa shape index (κ3) is 4.78. The maximum Gasteiger partial charge on any atom is 0.320 e. The van der Waals surface area contributed by atoms with Crippen LogP contribution < -0.4 is 14.7 Å². The molecule has 32 heavy (non-hydrogen) atoms. The van der Waals surface area contributed by atoms with Crippen molar-refractivity contribution < 1.29 is 19.1 Å². The summed E-state index contributed by atoms with van der Waals surface area (Å²) in [5, 5.41) is 16.5. The van der Waals surface area contributed by atoms with Crippen LogP contribution in [0.15, 0.2) is 81.0 Å². The second-order valence-electron chi connectivity index (χ2n) is 6.95. The minimum absolute atomic E-state index is 0.0000827. The average molecular weight is 448 g/mol. The van der Waals surface area contributed by atoms with Crippen molar-refractivity contribution in [3.05, 3.63) is 77.6 Å². The summed E-state index contributed by atoms with van der Waals surface area (Å²) in [5.74, 6) is -0.513. The van der Waals surface area contributed by atoms with Gasteiger partial charge in [0.05, 0.1) is 5.69 Å². The number of hydrogen-bond acceptors (Lipinski definition) is 7. The van der Waals surface area contributed by atoms with Crippen molar-refractivity contribution in [2.45, 2.75) is 20.4 Å². The standard InChI is InChI=1S/C23H21N5O3S/c1-3-27-14-21(31-26-27)25-20(29)15-32-23-24-19(13-17-10-8-7-9-16(17)2)22(30)28(23)18-11-5-4-6-12-18/h4-14H,3,15H2,1-2H3/b19-13+. The van der Waals surface area contributed by atoms with Crippen LogP contribution in [0, 0.1) is 6.92 Å². The van der Waals surface area contributed by atoms with Gasteiger partial charge in [0.25, 0.3) is 12.1 Å². The Hall–Kier alpha value is -3.72. The number of aromatic nitrogens is 2. The summed E-state index contributed by atoms with van der Waals surface area (Å²) in [5.41, 5.74) is 2.95. The van der Waals surface area contributed by atoms with E-state index in [0.717, 1.165) is 22.9 Å². The van der Waals surface area contributed by atoms with E-state index in [0.29, 0.717) is 23.1 Å². The Balaban J connectivity index is 1.60. The van der Waals surface area contributed by atoms with Crippen LogP contribution in [0.5, 0.6) is 0 Å². The molecule has 0 aliphatic carbocycles. The summed E-state index contributed by atoms with van der Waals surface area (Å²) in [4.78, 5) is 23.2. The number of anilines is 1. The number of nitrogens with zero attached hydrogens (tertiary/aromatic N) is 5. The lowest BCUT2D eigenvalue weighted by Gasteiger charge is -2.18. The van der Waals surface area contributed by atoms with E-state index in [1.165, 1.54) is 4.90 Å². The molecule has 0 bridgehead atoms. The molecule has 0 N–H and O–H groups in total. The number of amidine groups is 1. The quantitative estimate of drug-likeness (QED) is 0.250. The second-order valence-corrected chi connectivity index (χ2v) is 7.89. The van der Waals surface area contributed by atoms with Gasteiger partial charge < -0.3 is 5.11 Å². The fourth-order valence-corrected chi connectivity index (χ4v) is 3.84. The average Bonchev–Trinajstić information content (AvgIpc) is 3.38. The Morgan fingerprint density at radius 1 is 1.22 bits per heavy atom. The number of carbonyl (C=O) groups excluding carboxylic acids is 1. The van der Waals surface area contributed by atoms with Crippen LogP contribution in [0.2, 0.25) is 0 Å². The van der Waals surface area contributed by atoms with Gasteiger partial charge in [-0.3, -0.25) is 14.2 Å². The first kappa shape index (κ1) is 21.5. The number of hydrogen-bond donors (Lipinski definition) is 0. The molecule has 4 rings (SSSR count). The molecule has 0 fully saturated rings. The van der Waals surface area contributed by atoms with Crippen molar-refractivity contribution >= 4 is 46.4 Å². The smallest absolute Gasteiger partial charge is 0.320 e. The van der Waals surface area contributed by atoms with Crippen molar-refractivity contribution in [3.63, 3.8) is 0 Å². The van der Waals surface area contributed by atoms with E-state index in [-0.39, 0.29) is 17.5 Å². The van der Waals surface area contributed by atoms with Gasteiger partial charge in [0.1, 0.15) is 5.70 Å². The van der Waals surface area contributed by atoms with Gasteiger partial charge in [0, 0.05) is 5.75 Å². The summed E-state index contributed by atoms with van der Waals surface area (Å²) in [6, 6.07) is 17.0. The third-order valence-corrected chi connectivity index (χ3v) is 5.63. The van der Waals surface area contributed by atoms with Crippen molar-refractivity contribution in [3.8, 4) is 0 Å². The molecule has 1 aromatic heterocycles. The van der Waals surface area contributed by atoms with Crippen LogP contribution in [0.4, 0.5) is 11.6 Å². The molecule has 0 saturated heterocycles. The van der Waals surface area contributed by atoms with E-state index >= 15 is 0 Å². The van der Waals surface area contributed by atoms with Crippen LogP contribution in [0.3, 0.4) is 0 Å². The number of carbonyl (C=O) groups is 1. The highest BCUT2D eigenvalue weighted by molar-refractivity contribution is 8.14. The van der Waals surface area contributed by atoms with E-state index in [9.17, 15) is 9.90 Å². The SMILES string of the molecule is CC[n+]1cc(/N=C(/[O-])CSC2=N/C(=C/c3ccccc3C)C(=O)N2c2ccccc2)on1. The molecule has 1 amide bonds. The van der Waals surface area contributed by atoms with E-state index < -0.39 is 5.90 Å².